The van der Waals surface area contributed by atoms with Gasteiger partial charge in [0.2, 0.25) is 0 Å². The Morgan fingerprint density at radius 3 is 2.41 bits per heavy atom. The summed E-state index contributed by atoms with van der Waals surface area (Å²) in [6.07, 6.45) is 17.7. The van der Waals surface area contributed by atoms with E-state index in [1.165, 1.54) is 37.7 Å². The second-order valence-electron chi connectivity index (χ2n) is 12.8. The molecule has 2 N–H and O–H groups in total. The summed E-state index contributed by atoms with van der Waals surface area (Å²) in [7, 11) is 0. The number of allylic oxidation sites excluding steroid dienone is 4. The van der Waals surface area contributed by atoms with Gasteiger partial charge in [-0.05, 0) is 98.9 Å². The lowest BCUT2D eigenvalue weighted by Gasteiger charge is -2.55. The van der Waals surface area contributed by atoms with Crippen molar-refractivity contribution < 1.29 is 10.2 Å². The number of aliphatic hydroxyl groups excluding tert-OH is 1. The first-order valence-electron chi connectivity index (χ1n) is 12.9. The van der Waals surface area contributed by atoms with Gasteiger partial charge in [-0.25, -0.2) is 0 Å². The zero-order valence-corrected chi connectivity index (χ0v) is 21.8. The first kappa shape index (κ1) is 25.5. The molecule has 0 aliphatic heterocycles. The van der Waals surface area contributed by atoms with Gasteiger partial charge in [-0.1, -0.05) is 76.6 Å². The molecule has 3 fully saturated rings. The van der Waals surface area contributed by atoms with Crippen LogP contribution in [-0.2, 0) is 0 Å². The lowest BCUT2D eigenvalue weighted by molar-refractivity contribution is -0.0235. The highest BCUT2D eigenvalue weighted by Gasteiger charge is 2.60. The molecule has 32 heavy (non-hydrogen) atoms. The van der Waals surface area contributed by atoms with E-state index >= 15 is 0 Å². The predicted molar refractivity (Wildman–Crippen MR) is 136 cm³/mol. The molecule has 0 saturated heterocycles. The number of hydrogen-bond donors (Lipinski definition) is 2. The zero-order chi connectivity index (χ0) is 23.9. The van der Waals surface area contributed by atoms with E-state index < -0.39 is 5.60 Å². The van der Waals surface area contributed by atoms with Crippen LogP contribution in [0.25, 0.3) is 0 Å². The molecule has 0 aromatic carbocycles. The van der Waals surface area contributed by atoms with Gasteiger partial charge in [0.25, 0.3) is 0 Å². The van der Waals surface area contributed by atoms with Gasteiger partial charge in [-0.15, -0.1) is 0 Å². The molecule has 3 saturated carbocycles. The number of hydrogen-bond acceptors (Lipinski definition) is 2. The van der Waals surface area contributed by atoms with Crippen LogP contribution in [0.5, 0.6) is 0 Å². The Bertz CT molecular complexity index is 789. The fourth-order valence-corrected chi connectivity index (χ4v) is 7.06. The molecular formula is C30H48O2. The smallest absolute Gasteiger partial charge is 0.0787 e. The van der Waals surface area contributed by atoms with Gasteiger partial charge in [-0.3, -0.25) is 0 Å². The molecule has 2 heteroatoms. The lowest BCUT2D eigenvalue weighted by Crippen LogP contribution is -2.47. The van der Waals surface area contributed by atoms with Gasteiger partial charge in [-0.2, -0.15) is 0 Å². The van der Waals surface area contributed by atoms with Crippen LogP contribution in [0.1, 0.15) is 99.8 Å². The molecule has 0 amide bonds. The maximum Gasteiger partial charge on any atom is 0.0787 e. The summed E-state index contributed by atoms with van der Waals surface area (Å²) < 4.78 is 0. The van der Waals surface area contributed by atoms with Crippen molar-refractivity contribution in [3.8, 4) is 0 Å². The Balaban J connectivity index is 1.83. The highest BCUT2D eigenvalue weighted by atomic mass is 16.3. The minimum Gasteiger partial charge on any atom is -0.390 e. The maximum atomic E-state index is 10.3. The second-order valence-corrected chi connectivity index (χ2v) is 12.8. The summed E-state index contributed by atoms with van der Waals surface area (Å²) >= 11 is 0. The van der Waals surface area contributed by atoms with Crippen LogP contribution < -0.4 is 0 Å². The van der Waals surface area contributed by atoms with Crippen LogP contribution in [0.4, 0.5) is 0 Å². The minimum absolute atomic E-state index is 0.0753. The molecule has 5 atom stereocenters. The molecule has 0 spiro atoms. The first-order chi connectivity index (χ1) is 14.7. The predicted octanol–water partition coefficient (Wildman–Crippen LogP) is 7.54. The van der Waals surface area contributed by atoms with E-state index in [0.717, 1.165) is 18.4 Å². The average molecular weight is 441 g/mol. The normalized spacial score (nSPS) is 39.3. The van der Waals surface area contributed by atoms with Crippen LogP contribution >= 0.6 is 0 Å². The molecule has 0 heterocycles. The average Bonchev–Trinajstić information content (AvgIpc) is 2.96. The van der Waals surface area contributed by atoms with Crippen molar-refractivity contribution >= 4 is 0 Å². The van der Waals surface area contributed by atoms with Gasteiger partial charge in [0, 0.05) is 0 Å². The van der Waals surface area contributed by atoms with Gasteiger partial charge in [0.05, 0.1) is 11.7 Å². The Labute approximate surface area is 197 Å². The summed E-state index contributed by atoms with van der Waals surface area (Å²) in [4.78, 5) is 0. The molecule has 2 unspecified atom stereocenters. The molecule has 3 aliphatic carbocycles. The zero-order valence-electron chi connectivity index (χ0n) is 21.8. The molecule has 0 bridgehead atoms. The Morgan fingerprint density at radius 1 is 1.09 bits per heavy atom. The monoisotopic (exact) mass is 440 g/mol. The SMILES string of the molecule is C=C1C(O)C/C(=C\C=C2/CCCC3(C)[C@H]2CC[C@]3(C)C(C)(C)/C=C/CC(C)(C)O)C[C@H]1C. The third kappa shape index (κ3) is 4.73. The first-order valence-corrected chi connectivity index (χ1v) is 12.9. The highest BCUT2D eigenvalue weighted by Crippen LogP contribution is 2.69. The third-order valence-electron chi connectivity index (χ3n) is 9.76. The number of fused-ring (bicyclic) bond motifs is 1. The summed E-state index contributed by atoms with van der Waals surface area (Å²) in [6.45, 7) is 19.9. The molecular weight excluding hydrogens is 392 g/mol. The van der Waals surface area contributed by atoms with Crippen molar-refractivity contribution in [3.05, 3.63) is 47.6 Å². The largest absolute Gasteiger partial charge is 0.390 e. The highest BCUT2D eigenvalue weighted by molar-refractivity contribution is 5.30. The van der Waals surface area contributed by atoms with Crippen LogP contribution in [0.2, 0.25) is 0 Å². The van der Waals surface area contributed by atoms with Crippen molar-refractivity contribution in [2.24, 2.45) is 28.1 Å². The topological polar surface area (TPSA) is 40.5 Å². The fourth-order valence-electron chi connectivity index (χ4n) is 7.06. The molecule has 0 aromatic rings. The van der Waals surface area contributed by atoms with E-state index in [9.17, 15) is 10.2 Å². The lowest BCUT2D eigenvalue weighted by atomic mass is 9.49. The van der Waals surface area contributed by atoms with Crippen molar-refractivity contribution in [2.45, 2.75) is 112 Å². The number of aliphatic hydroxyl groups is 2. The van der Waals surface area contributed by atoms with Crippen molar-refractivity contribution in [1.82, 2.24) is 0 Å². The Morgan fingerprint density at radius 2 is 1.78 bits per heavy atom. The van der Waals surface area contributed by atoms with E-state index in [0.29, 0.717) is 18.3 Å². The molecule has 2 nitrogen and oxygen atoms in total. The van der Waals surface area contributed by atoms with Crippen LogP contribution in [0, 0.1) is 28.1 Å². The number of rotatable bonds is 5. The summed E-state index contributed by atoms with van der Waals surface area (Å²) in [5.74, 6) is 1.01. The Hall–Kier alpha value is -1.12. The van der Waals surface area contributed by atoms with E-state index in [2.05, 4.69) is 65.5 Å². The molecule has 3 aliphatic rings. The minimum atomic E-state index is -0.652. The van der Waals surface area contributed by atoms with Gasteiger partial charge < -0.3 is 10.2 Å². The van der Waals surface area contributed by atoms with E-state index in [1.54, 1.807) is 5.57 Å². The van der Waals surface area contributed by atoms with Crippen LogP contribution in [0.15, 0.2) is 47.6 Å². The quantitative estimate of drug-likeness (QED) is 0.434. The van der Waals surface area contributed by atoms with E-state index in [-0.39, 0.29) is 22.3 Å². The molecule has 180 valence electrons. The maximum absolute atomic E-state index is 10.3. The fraction of sp³-hybridized carbons (Fsp3) is 0.733. The molecule has 3 rings (SSSR count). The summed E-state index contributed by atoms with van der Waals surface area (Å²) in [6, 6.07) is 0. The van der Waals surface area contributed by atoms with Crippen molar-refractivity contribution in [3.63, 3.8) is 0 Å². The third-order valence-corrected chi connectivity index (χ3v) is 9.76. The summed E-state index contributed by atoms with van der Waals surface area (Å²) in [5, 5.41) is 20.5. The Kier molecular flexibility index (Phi) is 7.10. The standard InChI is InChI=1S/C30H48O2/c1-21-19-23(20-26(31)22(21)2)12-13-24-11-9-17-29(7)25(24)14-18-30(29,8)27(3,4)15-10-16-28(5,6)32/h10,12-13,15,21,25-26,31-32H,2,9,11,14,16-20H2,1,3-8H3/b15-10+,23-12-,24-13+/t21-,25+,26?,29?,30-/m1/s1. The summed E-state index contributed by atoms with van der Waals surface area (Å²) in [5.41, 5.74) is 3.91. The van der Waals surface area contributed by atoms with Gasteiger partial charge in [0.15, 0.2) is 0 Å². The van der Waals surface area contributed by atoms with E-state index in [1.807, 2.05) is 13.8 Å². The van der Waals surface area contributed by atoms with Crippen LogP contribution in [-0.4, -0.2) is 21.9 Å². The second kappa shape index (κ2) is 8.91. The van der Waals surface area contributed by atoms with E-state index in [4.69, 9.17) is 0 Å². The van der Waals surface area contributed by atoms with Crippen molar-refractivity contribution in [2.75, 3.05) is 0 Å². The van der Waals surface area contributed by atoms with Gasteiger partial charge >= 0.3 is 0 Å². The van der Waals surface area contributed by atoms with Gasteiger partial charge in [0.1, 0.15) is 0 Å². The molecule has 0 aromatic heterocycles. The molecule has 0 radical (unpaired) electrons. The van der Waals surface area contributed by atoms with Crippen LogP contribution in [0.3, 0.4) is 0 Å². The van der Waals surface area contributed by atoms with Crippen molar-refractivity contribution in [1.29, 1.82) is 0 Å².